The summed E-state index contributed by atoms with van der Waals surface area (Å²) in [5, 5.41) is 0.500. The number of hydrogen-bond donors (Lipinski definition) is 2. The molecular weight excluding hydrogens is 187 g/mol. The van der Waals surface area contributed by atoms with E-state index in [2.05, 4.69) is 4.98 Å². The number of hydrogen-bond acceptors (Lipinski definition) is 2. The van der Waals surface area contributed by atoms with Crippen LogP contribution in [0.15, 0.2) is 17.1 Å². The van der Waals surface area contributed by atoms with Crippen LogP contribution < -0.4 is 11.3 Å². The lowest BCUT2D eigenvalue weighted by Crippen LogP contribution is -2.14. The van der Waals surface area contributed by atoms with Crippen molar-refractivity contribution in [2.75, 3.05) is 0 Å². The van der Waals surface area contributed by atoms with Gasteiger partial charge in [0, 0.05) is 18.3 Å². The van der Waals surface area contributed by atoms with E-state index in [4.69, 9.17) is 17.3 Å². The summed E-state index contributed by atoms with van der Waals surface area (Å²) in [6.07, 6.45) is 1.43. The van der Waals surface area contributed by atoms with Crippen molar-refractivity contribution >= 4 is 24.0 Å². The summed E-state index contributed by atoms with van der Waals surface area (Å²) in [4.78, 5) is 13.3. The fraction of sp³-hybridized carbons (Fsp3) is 0.167. The van der Waals surface area contributed by atoms with Crippen LogP contribution in [0, 0.1) is 0 Å². The van der Waals surface area contributed by atoms with E-state index in [1.54, 1.807) is 6.07 Å². The molecule has 0 amide bonds. The van der Waals surface area contributed by atoms with Gasteiger partial charge in [0.2, 0.25) is 0 Å². The third-order valence-corrected chi connectivity index (χ3v) is 1.38. The Morgan fingerprint density at radius 3 is 2.73 bits per heavy atom. The first-order valence-electron chi connectivity index (χ1n) is 2.81. The monoisotopic (exact) mass is 194 g/mol. The maximum Gasteiger partial charge on any atom is 0.252 e. The summed E-state index contributed by atoms with van der Waals surface area (Å²) >= 11 is 5.57. The van der Waals surface area contributed by atoms with Crippen LogP contribution in [0.2, 0.25) is 5.02 Å². The molecule has 0 atom stereocenters. The van der Waals surface area contributed by atoms with E-state index < -0.39 is 0 Å². The average Bonchev–Trinajstić information content (AvgIpc) is 1.94. The van der Waals surface area contributed by atoms with Crippen molar-refractivity contribution < 1.29 is 0 Å². The van der Waals surface area contributed by atoms with Gasteiger partial charge in [-0.3, -0.25) is 4.79 Å². The second-order valence-electron chi connectivity index (χ2n) is 1.88. The molecule has 11 heavy (non-hydrogen) atoms. The van der Waals surface area contributed by atoms with Crippen molar-refractivity contribution in [1.82, 2.24) is 4.98 Å². The largest absolute Gasteiger partial charge is 0.327 e. The summed E-state index contributed by atoms with van der Waals surface area (Å²) in [6, 6.07) is 1.56. The molecule has 1 aromatic heterocycles. The number of nitrogens with two attached hydrogens (primary N) is 1. The zero-order chi connectivity index (χ0) is 7.56. The zero-order valence-electron chi connectivity index (χ0n) is 5.63. The van der Waals surface area contributed by atoms with Gasteiger partial charge in [0.25, 0.3) is 5.56 Å². The molecule has 0 bridgehead atoms. The van der Waals surface area contributed by atoms with E-state index in [0.29, 0.717) is 10.6 Å². The third-order valence-electron chi connectivity index (χ3n) is 1.16. The summed E-state index contributed by atoms with van der Waals surface area (Å²) in [5.74, 6) is 0. The number of aromatic nitrogens is 1. The highest BCUT2D eigenvalue weighted by Gasteiger charge is 1.95. The van der Waals surface area contributed by atoms with E-state index in [1.165, 1.54) is 6.20 Å². The van der Waals surface area contributed by atoms with Gasteiger partial charge in [-0.25, -0.2) is 0 Å². The van der Waals surface area contributed by atoms with Gasteiger partial charge in [0.15, 0.2) is 0 Å². The van der Waals surface area contributed by atoms with Crippen molar-refractivity contribution in [1.29, 1.82) is 0 Å². The lowest BCUT2D eigenvalue weighted by Gasteiger charge is -1.93. The van der Waals surface area contributed by atoms with Crippen LogP contribution >= 0.6 is 24.0 Å². The zero-order valence-corrected chi connectivity index (χ0v) is 7.21. The molecule has 0 saturated heterocycles. The minimum absolute atomic E-state index is 0. The van der Waals surface area contributed by atoms with E-state index in [-0.39, 0.29) is 24.5 Å². The van der Waals surface area contributed by atoms with E-state index >= 15 is 0 Å². The Balaban J connectivity index is 0.000001000. The molecule has 0 unspecified atom stereocenters. The highest BCUT2D eigenvalue weighted by atomic mass is 35.5. The normalized spacial score (nSPS) is 8.91. The van der Waals surface area contributed by atoms with Crippen molar-refractivity contribution in [3.05, 3.63) is 33.2 Å². The first kappa shape index (κ1) is 10.5. The van der Waals surface area contributed by atoms with Gasteiger partial charge in [-0.15, -0.1) is 12.4 Å². The first-order chi connectivity index (χ1) is 4.74. The van der Waals surface area contributed by atoms with E-state index in [9.17, 15) is 4.79 Å². The van der Waals surface area contributed by atoms with Crippen molar-refractivity contribution in [3.8, 4) is 0 Å². The summed E-state index contributed by atoms with van der Waals surface area (Å²) in [5.41, 5.74) is 5.57. The van der Waals surface area contributed by atoms with Crippen LogP contribution in [-0.4, -0.2) is 4.98 Å². The van der Waals surface area contributed by atoms with E-state index in [0.717, 1.165) is 0 Å². The molecule has 3 nitrogen and oxygen atoms in total. The number of pyridine rings is 1. The fourth-order valence-corrected chi connectivity index (χ4v) is 0.839. The fourth-order valence-electron chi connectivity index (χ4n) is 0.652. The summed E-state index contributed by atoms with van der Waals surface area (Å²) in [6.45, 7) is 0.218. The molecule has 0 spiro atoms. The number of aromatic amines is 1. The molecule has 62 valence electrons. The maximum absolute atomic E-state index is 10.8. The van der Waals surface area contributed by atoms with Gasteiger partial charge in [0.05, 0.1) is 5.02 Å². The van der Waals surface area contributed by atoms with Gasteiger partial charge >= 0.3 is 0 Å². The molecule has 0 radical (unpaired) electrons. The highest BCUT2D eigenvalue weighted by molar-refractivity contribution is 6.30. The van der Waals surface area contributed by atoms with E-state index in [1.807, 2.05) is 0 Å². The Hall–Kier alpha value is -0.510. The summed E-state index contributed by atoms with van der Waals surface area (Å²) < 4.78 is 0. The quantitative estimate of drug-likeness (QED) is 0.699. The van der Waals surface area contributed by atoms with Gasteiger partial charge < -0.3 is 10.7 Å². The molecule has 0 aliphatic carbocycles. The van der Waals surface area contributed by atoms with Gasteiger partial charge in [0.1, 0.15) is 0 Å². The Morgan fingerprint density at radius 1 is 1.64 bits per heavy atom. The van der Waals surface area contributed by atoms with Gasteiger partial charge in [-0.05, 0) is 6.07 Å². The maximum atomic E-state index is 10.8. The molecule has 3 N–H and O–H groups in total. The lowest BCUT2D eigenvalue weighted by molar-refractivity contribution is 1.02. The molecule has 1 rings (SSSR count). The molecule has 0 aliphatic heterocycles. The predicted octanol–water partition coefficient (Wildman–Crippen LogP) is 0.909. The number of H-pyrrole nitrogens is 1. The molecule has 0 aromatic carbocycles. The second-order valence-corrected chi connectivity index (χ2v) is 2.31. The molecule has 1 heterocycles. The molecule has 0 aliphatic rings. The lowest BCUT2D eigenvalue weighted by atomic mass is 10.3. The van der Waals surface area contributed by atoms with Crippen molar-refractivity contribution in [2.24, 2.45) is 5.73 Å². The van der Waals surface area contributed by atoms with Crippen LogP contribution in [0.5, 0.6) is 0 Å². The van der Waals surface area contributed by atoms with Crippen LogP contribution in [0.1, 0.15) is 5.56 Å². The number of halogens is 2. The SMILES string of the molecule is Cl.NCc1cc(Cl)c[nH]c1=O. The first-order valence-corrected chi connectivity index (χ1v) is 3.19. The Bertz CT molecular complexity index is 284. The molecule has 0 saturated carbocycles. The second kappa shape index (κ2) is 4.38. The summed E-state index contributed by atoms with van der Waals surface area (Å²) in [7, 11) is 0. The number of nitrogens with one attached hydrogen (secondary N) is 1. The molecule has 5 heteroatoms. The van der Waals surface area contributed by atoms with Gasteiger partial charge in [-0.2, -0.15) is 0 Å². The Morgan fingerprint density at radius 2 is 2.27 bits per heavy atom. The molecule has 1 aromatic rings. The molecule has 0 fully saturated rings. The van der Waals surface area contributed by atoms with Crippen molar-refractivity contribution in [2.45, 2.75) is 6.54 Å². The molecular formula is C6H8Cl2N2O. The highest BCUT2D eigenvalue weighted by Crippen LogP contribution is 2.03. The number of rotatable bonds is 1. The predicted molar refractivity (Wildman–Crippen MR) is 47.2 cm³/mol. The third kappa shape index (κ3) is 2.54. The Labute approximate surface area is 75.0 Å². The topological polar surface area (TPSA) is 58.9 Å². The van der Waals surface area contributed by atoms with Crippen LogP contribution in [0.3, 0.4) is 0 Å². The van der Waals surface area contributed by atoms with Crippen molar-refractivity contribution in [3.63, 3.8) is 0 Å². The van der Waals surface area contributed by atoms with Crippen LogP contribution in [0.4, 0.5) is 0 Å². The minimum atomic E-state index is -0.174. The average molecular weight is 195 g/mol. The van der Waals surface area contributed by atoms with Gasteiger partial charge in [-0.1, -0.05) is 11.6 Å². The Kier molecular flexibility index (Phi) is 4.18. The standard InChI is InChI=1S/C6H7ClN2O.ClH/c7-5-1-4(2-8)6(10)9-3-5;/h1,3H,2,8H2,(H,9,10);1H. The van der Waals surface area contributed by atoms with Crippen LogP contribution in [0.25, 0.3) is 0 Å². The minimum Gasteiger partial charge on any atom is -0.327 e. The van der Waals surface area contributed by atoms with Crippen LogP contribution in [-0.2, 0) is 6.54 Å². The smallest absolute Gasteiger partial charge is 0.252 e.